The summed E-state index contributed by atoms with van der Waals surface area (Å²) in [6.45, 7) is 4.30. The molecular formula is C14H19N3O3. The van der Waals surface area contributed by atoms with Gasteiger partial charge in [0.15, 0.2) is 0 Å². The van der Waals surface area contributed by atoms with E-state index in [9.17, 15) is 9.59 Å². The number of hydrogen-bond donors (Lipinski definition) is 1. The van der Waals surface area contributed by atoms with Crippen LogP contribution < -0.4 is 10.1 Å². The molecule has 108 valence electrons. The highest BCUT2D eigenvalue weighted by Crippen LogP contribution is 2.17. The van der Waals surface area contributed by atoms with Crippen LogP contribution in [0.1, 0.15) is 25.8 Å². The molecule has 1 saturated heterocycles. The molecule has 1 aromatic rings. The van der Waals surface area contributed by atoms with Crippen LogP contribution in [0.5, 0.6) is 5.88 Å². The number of carbonyl (C=O) groups is 2. The lowest BCUT2D eigenvalue weighted by molar-refractivity contribution is -0.137. The van der Waals surface area contributed by atoms with E-state index in [0.29, 0.717) is 25.4 Å². The Bertz CT molecular complexity index is 528. The van der Waals surface area contributed by atoms with E-state index in [1.165, 1.54) is 0 Å². The standard InChI is InChI=1S/C14H19N3O3/c1-14(2)13(19)17(7-5-11(18)16-14)9-10-4-6-15-12(8-10)20-3/h4,6,8H,5,7,9H2,1-3H3,(H,16,18). The molecule has 1 aromatic heterocycles. The minimum Gasteiger partial charge on any atom is -0.481 e. The lowest BCUT2D eigenvalue weighted by Crippen LogP contribution is -2.52. The molecule has 2 rings (SSSR count). The topological polar surface area (TPSA) is 71.5 Å². The maximum atomic E-state index is 12.4. The van der Waals surface area contributed by atoms with Crippen molar-refractivity contribution in [2.45, 2.75) is 32.4 Å². The SMILES string of the molecule is COc1cc(CN2CCC(=O)NC(C)(C)C2=O)ccn1. The molecule has 2 heterocycles. The van der Waals surface area contributed by atoms with Crippen LogP contribution in [0.3, 0.4) is 0 Å². The normalized spacial score (nSPS) is 18.4. The van der Waals surface area contributed by atoms with E-state index in [-0.39, 0.29) is 11.8 Å². The summed E-state index contributed by atoms with van der Waals surface area (Å²) < 4.78 is 5.07. The van der Waals surface area contributed by atoms with Crippen LogP contribution >= 0.6 is 0 Å². The molecule has 0 unspecified atom stereocenters. The molecule has 20 heavy (non-hydrogen) atoms. The fourth-order valence-electron chi connectivity index (χ4n) is 2.23. The van der Waals surface area contributed by atoms with Crippen molar-refractivity contribution in [2.75, 3.05) is 13.7 Å². The first-order valence-corrected chi connectivity index (χ1v) is 6.51. The molecule has 6 heteroatoms. The molecule has 1 fully saturated rings. The number of nitrogens with zero attached hydrogens (tertiary/aromatic N) is 2. The van der Waals surface area contributed by atoms with Gasteiger partial charge in [-0.1, -0.05) is 0 Å². The predicted molar refractivity (Wildman–Crippen MR) is 73.0 cm³/mol. The van der Waals surface area contributed by atoms with Crippen molar-refractivity contribution < 1.29 is 14.3 Å². The van der Waals surface area contributed by atoms with Crippen LogP contribution in [-0.2, 0) is 16.1 Å². The highest BCUT2D eigenvalue weighted by Gasteiger charge is 2.36. The van der Waals surface area contributed by atoms with Crippen LogP contribution in [0.25, 0.3) is 0 Å². The fourth-order valence-corrected chi connectivity index (χ4v) is 2.23. The molecule has 0 bridgehead atoms. The Morgan fingerprint density at radius 1 is 1.45 bits per heavy atom. The second kappa shape index (κ2) is 5.48. The van der Waals surface area contributed by atoms with Crippen molar-refractivity contribution in [1.82, 2.24) is 15.2 Å². The lowest BCUT2D eigenvalue weighted by Gasteiger charge is -2.28. The number of hydrogen-bond acceptors (Lipinski definition) is 4. The number of ether oxygens (including phenoxy) is 1. The number of rotatable bonds is 3. The summed E-state index contributed by atoms with van der Waals surface area (Å²) in [4.78, 5) is 29.8. The molecule has 2 amide bonds. The summed E-state index contributed by atoms with van der Waals surface area (Å²) >= 11 is 0. The third-order valence-corrected chi connectivity index (χ3v) is 3.26. The van der Waals surface area contributed by atoms with E-state index < -0.39 is 5.54 Å². The number of nitrogens with one attached hydrogen (secondary N) is 1. The first kappa shape index (κ1) is 14.3. The summed E-state index contributed by atoms with van der Waals surface area (Å²) in [5, 5.41) is 2.74. The van der Waals surface area contributed by atoms with Gasteiger partial charge in [-0.15, -0.1) is 0 Å². The molecule has 1 aliphatic heterocycles. The molecule has 0 aromatic carbocycles. The predicted octanol–water partition coefficient (Wildman–Crippen LogP) is 0.717. The highest BCUT2D eigenvalue weighted by molar-refractivity contribution is 5.92. The molecule has 0 saturated carbocycles. The summed E-state index contributed by atoms with van der Waals surface area (Å²) in [6, 6.07) is 3.63. The monoisotopic (exact) mass is 277 g/mol. The average Bonchev–Trinajstić information content (AvgIpc) is 2.50. The van der Waals surface area contributed by atoms with Gasteiger partial charge in [-0.25, -0.2) is 4.98 Å². The van der Waals surface area contributed by atoms with E-state index in [4.69, 9.17) is 4.74 Å². The van der Waals surface area contributed by atoms with Crippen LogP contribution in [0.15, 0.2) is 18.3 Å². The highest BCUT2D eigenvalue weighted by atomic mass is 16.5. The van der Waals surface area contributed by atoms with Gasteiger partial charge in [0.25, 0.3) is 0 Å². The molecule has 0 spiro atoms. The number of carbonyl (C=O) groups excluding carboxylic acids is 2. The summed E-state index contributed by atoms with van der Waals surface area (Å²) in [5.41, 5.74) is 0.0559. The summed E-state index contributed by atoms with van der Waals surface area (Å²) in [5.74, 6) is 0.329. The minimum absolute atomic E-state index is 0.0841. The zero-order chi connectivity index (χ0) is 14.8. The number of pyridine rings is 1. The quantitative estimate of drug-likeness (QED) is 0.883. The Morgan fingerprint density at radius 3 is 2.90 bits per heavy atom. The second-order valence-corrected chi connectivity index (χ2v) is 5.36. The number of aromatic nitrogens is 1. The largest absolute Gasteiger partial charge is 0.481 e. The van der Waals surface area contributed by atoms with Crippen molar-refractivity contribution in [1.29, 1.82) is 0 Å². The summed E-state index contributed by atoms with van der Waals surface area (Å²) in [6.07, 6.45) is 1.96. The van der Waals surface area contributed by atoms with E-state index in [0.717, 1.165) is 5.56 Å². The van der Waals surface area contributed by atoms with Crippen molar-refractivity contribution in [3.05, 3.63) is 23.9 Å². The van der Waals surface area contributed by atoms with Crippen molar-refractivity contribution in [3.63, 3.8) is 0 Å². The second-order valence-electron chi connectivity index (χ2n) is 5.36. The maximum absolute atomic E-state index is 12.4. The molecule has 6 nitrogen and oxygen atoms in total. The third kappa shape index (κ3) is 3.07. The first-order valence-electron chi connectivity index (χ1n) is 6.51. The van der Waals surface area contributed by atoms with Gasteiger partial charge in [-0.05, 0) is 25.5 Å². The average molecular weight is 277 g/mol. The van der Waals surface area contributed by atoms with Gasteiger partial charge in [-0.2, -0.15) is 0 Å². The molecular weight excluding hydrogens is 258 g/mol. The van der Waals surface area contributed by atoms with Gasteiger partial charge in [0.2, 0.25) is 17.7 Å². The van der Waals surface area contributed by atoms with Gasteiger partial charge in [-0.3, -0.25) is 9.59 Å². The van der Waals surface area contributed by atoms with E-state index in [1.807, 2.05) is 6.07 Å². The van der Waals surface area contributed by atoms with Crippen LogP contribution in [0.4, 0.5) is 0 Å². The Hall–Kier alpha value is -2.11. The number of methoxy groups -OCH3 is 1. The molecule has 0 atom stereocenters. The van der Waals surface area contributed by atoms with E-state index in [1.54, 1.807) is 38.1 Å². The van der Waals surface area contributed by atoms with Crippen molar-refractivity contribution in [3.8, 4) is 5.88 Å². The summed E-state index contributed by atoms with van der Waals surface area (Å²) in [7, 11) is 1.55. The Labute approximate surface area is 118 Å². The van der Waals surface area contributed by atoms with Crippen LogP contribution in [-0.4, -0.2) is 40.9 Å². The number of amides is 2. The molecule has 1 aliphatic rings. The fraction of sp³-hybridized carbons (Fsp3) is 0.500. The smallest absolute Gasteiger partial charge is 0.248 e. The molecule has 1 N–H and O–H groups in total. The van der Waals surface area contributed by atoms with Crippen molar-refractivity contribution in [2.24, 2.45) is 0 Å². The van der Waals surface area contributed by atoms with Gasteiger partial charge in [0, 0.05) is 31.8 Å². The van der Waals surface area contributed by atoms with E-state index in [2.05, 4.69) is 10.3 Å². The lowest BCUT2D eigenvalue weighted by atomic mass is 10.0. The van der Waals surface area contributed by atoms with Gasteiger partial charge in [0.1, 0.15) is 5.54 Å². The van der Waals surface area contributed by atoms with Gasteiger partial charge in [0.05, 0.1) is 7.11 Å². The van der Waals surface area contributed by atoms with Crippen LogP contribution in [0.2, 0.25) is 0 Å². The Balaban J connectivity index is 2.18. The van der Waals surface area contributed by atoms with Gasteiger partial charge < -0.3 is 15.0 Å². The van der Waals surface area contributed by atoms with Crippen molar-refractivity contribution >= 4 is 11.8 Å². The zero-order valence-electron chi connectivity index (χ0n) is 12.0. The first-order chi connectivity index (χ1) is 9.42. The van der Waals surface area contributed by atoms with Crippen LogP contribution in [0, 0.1) is 0 Å². The maximum Gasteiger partial charge on any atom is 0.248 e. The Kier molecular flexibility index (Phi) is 3.92. The zero-order valence-corrected chi connectivity index (χ0v) is 12.0. The minimum atomic E-state index is -0.870. The van der Waals surface area contributed by atoms with E-state index >= 15 is 0 Å². The molecule has 0 aliphatic carbocycles. The Morgan fingerprint density at radius 2 is 2.20 bits per heavy atom. The van der Waals surface area contributed by atoms with Gasteiger partial charge >= 0.3 is 0 Å². The third-order valence-electron chi connectivity index (χ3n) is 3.26. The molecule has 0 radical (unpaired) electrons.